The molecule has 0 fully saturated rings. The van der Waals surface area contributed by atoms with Crippen molar-refractivity contribution in [2.75, 3.05) is 0 Å². The van der Waals surface area contributed by atoms with Crippen LogP contribution in [0.2, 0.25) is 0 Å². The topological polar surface area (TPSA) is 84.7 Å². The number of nitro groups is 1. The number of aromatic amines is 1. The quantitative estimate of drug-likeness (QED) is 0.571. The smallest absolute Gasteiger partial charge is 0.258 e. The minimum Gasteiger partial charge on any atom is -0.258 e. The predicted molar refractivity (Wildman–Crippen MR) is 75.5 cm³/mol. The van der Waals surface area contributed by atoms with Crippen molar-refractivity contribution in [1.82, 2.24) is 15.4 Å². The van der Waals surface area contributed by atoms with E-state index in [1.165, 1.54) is 6.07 Å². The highest BCUT2D eigenvalue weighted by atomic mass is 16.6. The van der Waals surface area contributed by atoms with Crippen LogP contribution in [0.1, 0.15) is 11.1 Å². The van der Waals surface area contributed by atoms with Gasteiger partial charge in [-0.05, 0) is 25.5 Å². The van der Waals surface area contributed by atoms with Crippen LogP contribution in [0.3, 0.4) is 0 Å². The lowest BCUT2D eigenvalue weighted by molar-refractivity contribution is -0.384. The first-order chi connectivity index (χ1) is 9.54. The fourth-order valence-corrected chi connectivity index (χ4v) is 2.39. The highest BCUT2D eigenvalue weighted by Crippen LogP contribution is 2.33. The van der Waals surface area contributed by atoms with Crippen molar-refractivity contribution in [1.29, 1.82) is 0 Å². The summed E-state index contributed by atoms with van der Waals surface area (Å²) in [6, 6.07) is 9.05. The van der Waals surface area contributed by atoms with Gasteiger partial charge in [-0.2, -0.15) is 15.4 Å². The van der Waals surface area contributed by atoms with Gasteiger partial charge in [-0.1, -0.05) is 29.3 Å². The van der Waals surface area contributed by atoms with Crippen LogP contribution in [0.15, 0.2) is 30.3 Å². The SMILES string of the molecule is Cc1cc(C)cc(-c2cc3n[nH]nc3cc2[N+](=O)[O-])c1. The number of nitro benzene ring substituents is 1. The van der Waals surface area contributed by atoms with E-state index in [1.54, 1.807) is 6.07 Å². The van der Waals surface area contributed by atoms with E-state index in [9.17, 15) is 10.1 Å². The average Bonchev–Trinajstić information content (AvgIpc) is 2.83. The number of benzene rings is 2. The van der Waals surface area contributed by atoms with Gasteiger partial charge in [-0.15, -0.1) is 0 Å². The van der Waals surface area contributed by atoms with E-state index >= 15 is 0 Å². The van der Waals surface area contributed by atoms with E-state index in [0.717, 1.165) is 16.7 Å². The highest BCUT2D eigenvalue weighted by molar-refractivity contribution is 5.87. The molecule has 3 rings (SSSR count). The van der Waals surface area contributed by atoms with Gasteiger partial charge in [0.1, 0.15) is 11.0 Å². The van der Waals surface area contributed by atoms with E-state index < -0.39 is 0 Å². The van der Waals surface area contributed by atoms with Gasteiger partial charge in [0, 0.05) is 6.07 Å². The van der Waals surface area contributed by atoms with E-state index in [2.05, 4.69) is 15.4 Å². The molecule has 1 heterocycles. The molecule has 6 nitrogen and oxygen atoms in total. The number of H-pyrrole nitrogens is 1. The monoisotopic (exact) mass is 268 g/mol. The molecule has 1 N–H and O–H groups in total. The third kappa shape index (κ3) is 2.01. The van der Waals surface area contributed by atoms with Gasteiger partial charge in [0.2, 0.25) is 0 Å². The van der Waals surface area contributed by atoms with E-state index in [1.807, 2.05) is 32.0 Å². The molecule has 6 heteroatoms. The zero-order chi connectivity index (χ0) is 14.3. The Kier molecular flexibility index (Phi) is 2.71. The van der Waals surface area contributed by atoms with Crippen LogP contribution >= 0.6 is 0 Å². The van der Waals surface area contributed by atoms with Crippen molar-refractivity contribution in [3.8, 4) is 11.1 Å². The Morgan fingerprint density at radius 2 is 1.60 bits per heavy atom. The molecule has 100 valence electrons. The Balaban J connectivity index is 2.32. The third-order valence-electron chi connectivity index (χ3n) is 3.16. The number of hydrogen-bond donors (Lipinski definition) is 1. The number of rotatable bonds is 2. The van der Waals surface area contributed by atoms with Crippen LogP contribution in [0.4, 0.5) is 5.69 Å². The second kappa shape index (κ2) is 4.41. The van der Waals surface area contributed by atoms with Crippen LogP contribution in [0.5, 0.6) is 0 Å². The molecular weight excluding hydrogens is 256 g/mol. The zero-order valence-electron chi connectivity index (χ0n) is 11.0. The number of aromatic nitrogens is 3. The first-order valence-electron chi connectivity index (χ1n) is 6.12. The summed E-state index contributed by atoms with van der Waals surface area (Å²) >= 11 is 0. The number of aryl methyl sites for hydroxylation is 2. The summed E-state index contributed by atoms with van der Waals surface area (Å²) in [5, 5.41) is 21.6. The number of hydrogen-bond acceptors (Lipinski definition) is 4. The lowest BCUT2D eigenvalue weighted by Crippen LogP contribution is -1.93. The van der Waals surface area contributed by atoms with Gasteiger partial charge < -0.3 is 0 Å². The first kappa shape index (κ1) is 12.3. The molecular formula is C14H12N4O2. The van der Waals surface area contributed by atoms with E-state index in [4.69, 9.17) is 0 Å². The van der Waals surface area contributed by atoms with E-state index in [-0.39, 0.29) is 10.6 Å². The number of fused-ring (bicyclic) bond motifs is 1. The number of nitrogens with one attached hydrogen (secondary N) is 1. The summed E-state index contributed by atoms with van der Waals surface area (Å²) in [5.41, 5.74) is 4.65. The van der Waals surface area contributed by atoms with Crippen molar-refractivity contribution in [3.63, 3.8) is 0 Å². The molecule has 0 aliphatic carbocycles. The molecule has 0 unspecified atom stereocenters. The molecule has 20 heavy (non-hydrogen) atoms. The molecule has 3 aromatic rings. The van der Waals surface area contributed by atoms with Crippen LogP contribution in [-0.2, 0) is 0 Å². The summed E-state index contributed by atoms with van der Waals surface area (Å²) < 4.78 is 0. The predicted octanol–water partition coefficient (Wildman–Crippen LogP) is 3.15. The van der Waals surface area contributed by atoms with Crippen LogP contribution in [0, 0.1) is 24.0 Å². The summed E-state index contributed by atoms with van der Waals surface area (Å²) in [6.07, 6.45) is 0. The molecule has 1 aromatic heterocycles. The summed E-state index contributed by atoms with van der Waals surface area (Å²) in [5.74, 6) is 0. The minimum atomic E-state index is -0.388. The Morgan fingerprint density at radius 1 is 1.00 bits per heavy atom. The maximum absolute atomic E-state index is 11.3. The summed E-state index contributed by atoms with van der Waals surface area (Å²) in [7, 11) is 0. The maximum atomic E-state index is 11.3. The third-order valence-corrected chi connectivity index (χ3v) is 3.16. The molecule has 0 aliphatic heterocycles. The van der Waals surface area contributed by atoms with Crippen LogP contribution in [-0.4, -0.2) is 20.3 Å². The van der Waals surface area contributed by atoms with Crippen molar-refractivity contribution >= 4 is 16.7 Å². The summed E-state index contributed by atoms with van der Waals surface area (Å²) in [4.78, 5) is 10.9. The molecule has 0 saturated heterocycles. The van der Waals surface area contributed by atoms with Crippen molar-refractivity contribution in [2.45, 2.75) is 13.8 Å². The Bertz CT molecular complexity index is 803. The first-order valence-corrected chi connectivity index (χ1v) is 6.12. The van der Waals surface area contributed by atoms with Gasteiger partial charge in [0.25, 0.3) is 5.69 Å². The highest BCUT2D eigenvalue weighted by Gasteiger charge is 2.18. The molecule has 0 atom stereocenters. The molecule has 2 aromatic carbocycles. The van der Waals surface area contributed by atoms with Gasteiger partial charge in [-0.25, -0.2) is 0 Å². The molecule has 0 bridgehead atoms. The van der Waals surface area contributed by atoms with Crippen LogP contribution in [0.25, 0.3) is 22.2 Å². The van der Waals surface area contributed by atoms with Crippen molar-refractivity contribution < 1.29 is 4.92 Å². The Morgan fingerprint density at radius 3 is 2.20 bits per heavy atom. The largest absolute Gasteiger partial charge is 0.279 e. The second-order valence-corrected chi connectivity index (χ2v) is 4.82. The Labute approximate surface area is 114 Å². The normalized spacial score (nSPS) is 10.9. The Hall–Kier alpha value is -2.76. The zero-order valence-corrected chi connectivity index (χ0v) is 11.0. The van der Waals surface area contributed by atoms with Gasteiger partial charge in [-0.3, -0.25) is 10.1 Å². The minimum absolute atomic E-state index is 0.0383. The van der Waals surface area contributed by atoms with E-state index in [0.29, 0.717) is 16.6 Å². The molecule has 0 amide bonds. The fourth-order valence-electron chi connectivity index (χ4n) is 2.39. The number of nitrogens with zero attached hydrogens (tertiary/aromatic N) is 3. The lowest BCUT2D eigenvalue weighted by atomic mass is 9.99. The summed E-state index contributed by atoms with van der Waals surface area (Å²) in [6.45, 7) is 3.94. The second-order valence-electron chi connectivity index (χ2n) is 4.82. The molecule has 0 aliphatic rings. The van der Waals surface area contributed by atoms with Crippen molar-refractivity contribution in [2.24, 2.45) is 0 Å². The maximum Gasteiger partial charge on any atom is 0.279 e. The molecule has 0 saturated carbocycles. The van der Waals surface area contributed by atoms with Gasteiger partial charge >= 0.3 is 0 Å². The average molecular weight is 268 g/mol. The fraction of sp³-hybridized carbons (Fsp3) is 0.143. The van der Waals surface area contributed by atoms with Crippen LogP contribution < -0.4 is 0 Å². The molecule has 0 spiro atoms. The standard InChI is InChI=1S/C14H12N4O2/c1-8-3-9(2)5-10(4-8)11-6-12-13(16-17-15-12)7-14(11)18(19)20/h3-7H,1-2H3,(H,15,16,17). The van der Waals surface area contributed by atoms with Gasteiger partial charge in [0.05, 0.1) is 10.5 Å². The van der Waals surface area contributed by atoms with Gasteiger partial charge in [0.15, 0.2) is 0 Å². The van der Waals surface area contributed by atoms with Crippen molar-refractivity contribution in [3.05, 3.63) is 51.6 Å². The lowest BCUT2D eigenvalue weighted by Gasteiger charge is -2.06. The molecule has 0 radical (unpaired) electrons.